The summed E-state index contributed by atoms with van der Waals surface area (Å²) in [6.07, 6.45) is 0.793. The van der Waals surface area contributed by atoms with Gasteiger partial charge in [-0.25, -0.2) is 0 Å². The lowest BCUT2D eigenvalue weighted by atomic mass is 10.1. The Hall–Kier alpha value is -2.41. The largest absolute Gasteiger partial charge is 0.497 e. The molecule has 3 N–H and O–H groups in total. The van der Waals surface area contributed by atoms with Gasteiger partial charge in [-0.3, -0.25) is 19.3 Å². The quantitative estimate of drug-likeness (QED) is 0.554. The third-order valence-electron chi connectivity index (χ3n) is 3.15. The number of carbonyl (C=O) groups is 3. The predicted octanol–water partition coefficient (Wildman–Crippen LogP) is 0.206. The number of methoxy groups -OCH3 is 1. The minimum Gasteiger partial charge on any atom is -0.497 e. The number of hydrogen-bond donors (Lipinski definition) is 2. The molecule has 0 aliphatic heterocycles. The third-order valence-corrected chi connectivity index (χ3v) is 3.15. The van der Waals surface area contributed by atoms with Crippen molar-refractivity contribution in [2.24, 2.45) is 5.73 Å². The fourth-order valence-corrected chi connectivity index (χ4v) is 1.83. The minimum atomic E-state index is -0.885. The van der Waals surface area contributed by atoms with Gasteiger partial charge in [-0.05, 0) is 37.6 Å². The number of hydrogen-bond acceptors (Lipinski definition) is 5. The van der Waals surface area contributed by atoms with E-state index in [0.717, 1.165) is 10.5 Å². The van der Waals surface area contributed by atoms with Crippen LogP contribution in [-0.4, -0.2) is 43.3 Å². The lowest BCUT2D eigenvalue weighted by Gasteiger charge is -2.18. The SMILES string of the molecule is COc1ccc(C(C)NC(=O)C(=O)N(C=O)CCCN)cc1. The number of ether oxygens (including phenoxy) is 1. The van der Waals surface area contributed by atoms with E-state index < -0.39 is 11.8 Å². The monoisotopic (exact) mass is 307 g/mol. The van der Waals surface area contributed by atoms with Crippen molar-refractivity contribution in [3.05, 3.63) is 29.8 Å². The zero-order valence-electron chi connectivity index (χ0n) is 12.7. The number of carbonyl (C=O) groups excluding carboxylic acids is 3. The highest BCUT2D eigenvalue weighted by Crippen LogP contribution is 2.17. The second-order valence-corrected chi connectivity index (χ2v) is 4.71. The number of nitrogens with zero attached hydrogens (tertiary/aromatic N) is 1. The number of nitrogens with two attached hydrogens (primary N) is 1. The molecular formula is C15H21N3O4. The first-order chi connectivity index (χ1) is 10.5. The summed E-state index contributed by atoms with van der Waals surface area (Å²) in [5.74, 6) is -1.01. The zero-order chi connectivity index (χ0) is 16.5. The number of rotatable bonds is 7. The molecule has 1 rings (SSSR count). The van der Waals surface area contributed by atoms with E-state index in [9.17, 15) is 14.4 Å². The average molecular weight is 307 g/mol. The molecule has 1 unspecified atom stereocenters. The van der Waals surface area contributed by atoms with E-state index in [4.69, 9.17) is 10.5 Å². The van der Waals surface area contributed by atoms with Crippen LogP contribution in [0.15, 0.2) is 24.3 Å². The van der Waals surface area contributed by atoms with Crippen LogP contribution in [0.4, 0.5) is 0 Å². The summed E-state index contributed by atoms with van der Waals surface area (Å²) < 4.78 is 5.05. The molecule has 0 aliphatic carbocycles. The molecule has 7 heteroatoms. The van der Waals surface area contributed by atoms with Crippen LogP contribution in [-0.2, 0) is 14.4 Å². The van der Waals surface area contributed by atoms with E-state index in [1.54, 1.807) is 38.3 Å². The summed E-state index contributed by atoms with van der Waals surface area (Å²) in [5.41, 5.74) is 6.14. The van der Waals surface area contributed by atoms with Crippen molar-refractivity contribution in [1.82, 2.24) is 10.2 Å². The van der Waals surface area contributed by atoms with Crippen molar-refractivity contribution in [2.45, 2.75) is 19.4 Å². The van der Waals surface area contributed by atoms with Crippen LogP contribution in [0.2, 0.25) is 0 Å². The number of imide groups is 1. The van der Waals surface area contributed by atoms with Gasteiger partial charge in [0.1, 0.15) is 5.75 Å². The summed E-state index contributed by atoms with van der Waals surface area (Å²) in [5, 5.41) is 2.56. The van der Waals surface area contributed by atoms with Crippen LogP contribution >= 0.6 is 0 Å². The minimum absolute atomic E-state index is 0.128. The van der Waals surface area contributed by atoms with Gasteiger partial charge in [-0.15, -0.1) is 0 Å². The maximum absolute atomic E-state index is 11.9. The fraction of sp³-hybridized carbons (Fsp3) is 0.400. The molecule has 0 saturated heterocycles. The lowest BCUT2D eigenvalue weighted by molar-refractivity contribution is -0.149. The maximum atomic E-state index is 11.9. The summed E-state index contributed by atoms with van der Waals surface area (Å²) in [7, 11) is 1.56. The van der Waals surface area contributed by atoms with Gasteiger partial charge in [0.2, 0.25) is 6.41 Å². The molecule has 7 nitrogen and oxygen atoms in total. The Morgan fingerprint density at radius 2 is 2.00 bits per heavy atom. The molecule has 0 radical (unpaired) electrons. The van der Waals surface area contributed by atoms with Crippen molar-refractivity contribution in [3.8, 4) is 5.75 Å². The molecule has 0 fully saturated rings. The van der Waals surface area contributed by atoms with E-state index in [0.29, 0.717) is 25.1 Å². The molecule has 22 heavy (non-hydrogen) atoms. The van der Waals surface area contributed by atoms with Crippen molar-refractivity contribution in [2.75, 3.05) is 20.2 Å². The zero-order valence-corrected chi connectivity index (χ0v) is 12.7. The first-order valence-corrected chi connectivity index (χ1v) is 6.94. The van der Waals surface area contributed by atoms with Gasteiger partial charge in [0.05, 0.1) is 13.2 Å². The van der Waals surface area contributed by atoms with Crippen molar-refractivity contribution < 1.29 is 19.1 Å². The second-order valence-electron chi connectivity index (χ2n) is 4.71. The Balaban J connectivity index is 2.65. The normalized spacial score (nSPS) is 11.4. The van der Waals surface area contributed by atoms with Crippen LogP contribution in [0, 0.1) is 0 Å². The summed E-state index contributed by atoms with van der Waals surface area (Å²) >= 11 is 0. The molecule has 0 saturated carbocycles. The molecule has 0 aromatic heterocycles. The molecule has 0 bridgehead atoms. The summed E-state index contributed by atoms with van der Waals surface area (Å²) in [4.78, 5) is 35.4. The highest BCUT2D eigenvalue weighted by Gasteiger charge is 2.22. The van der Waals surface area contributed by atoms with E-state index in [-0.39, 0.29) is 12.6 Å². The standard InChI is InChI=1S/C15H21N3O4/c1-11(12-4-6-13(22-2)7-5-12)17-14(20)15(21)18(10-19)9-3-8-16/h4-7,10-11H,3,8-9,16H2,1-2H3,(H,17,20). The Bertz CT molecular complexity index is 516. The van der Waals surface area contributed by atoms with Gasteiger partial charge in [0.25, 0.3) is 0 Å². The molecular weight excluding hydrogens is 286 g/mol. The molecule has 1 aromatic rings. The molecule has 120 valence electrons. The highest BCUT2D eigenvalue weighted by atomic mass is 16.5. The van der Waals surface area contributed by atoms with Crippen LogP contribution in [0.5, 0.6) is 5.75 Å². The Labute approximate surface area is 129 Å². The Morgan fingerprint density at radius 3 is 2.50 bits per heavy atom. The van der Waals surface area contributed by atoms with E-state index in [2.05, 4.69) is 5.32 Å². The molecule has 3 amide bonds. The maximum Gasteiger partial charge on any atom is 0.318 e. The van der Waals surface area contributed by atoms with Crippen LogP contribution in [0.1, 0.15) is 24.9 Å². The van der Waals surface area contributed by atoms with Gasteiger partial charge in [0.15, 0.2) is 0 Å². The molecule has 0 heterocycles. The van der Waals surface area contributed by atoms with Crippen LogP contribution < -0.4 is 15.8 Å². The van der Waals surface area contributed by atoms with Crippen molar-refractivity contribution >= 4 is 18.2 Å². The van der Waals surface area contributed by atoms with E-state index >= 15 is 0 Å². The molecule has 0 aliphatic rings. The van der Waals surface area contributed by atoms with E-state index in [1.807, 2.05) is 0 Å². The first-order valence-electron chi connectivity index (χ1n) is 6.94. The van der Waals surface area contributed by atoms with Gasteiger partial charge in [-0.1, -0.05) is 12.1 Å². The van der Waals surface area contributed by atoms with Crippen LogP contribution in [0.25, 0.3) is 0 Å². The number of benzene rings is 1. The van der Waals surface area contributed by atoms with Gasteiger partial charge in [0, 0.05) is 6.54 Å². The number of amides is 3. The smallest absolute Gasteiger partial charge is 0.318 e. The van der Waals surface area contributed by atoms with Gasteiger partial charge in [-0.2, -0.15) is 0 Å². The van der Waals surface area contributed by atoms with Crippen molar-refractivity contribution in [1.29, 1.82) is 0 Å². The average Bonchev–Trinajstić information content (AvgIpc) is 2.55. The Kier molecular flexibility index (Phi) is 7.04. The fourth-order valence-electron chi connectivity index (χ4n) is 1.83. The van der Waals surface area contributed by atoms with Crippen molar-refractivity contribution in [3.63, 3.8) is 0 Å². The predicted molar refractivity (Wildman–Crippen MR) is 81.0 cm³/mol. The van der Waals surface area contributed by atoms with Gasteiger partial charge < -0.3 is 15.8 Å². The number of nitrogens with one attached hydrogen (secondary N) is 1. The molecule has 1 atom stereocenters. The van der Waals surface area contributed by atoms with E-state index in [1.165, 1.54) is 0 Å². The van der Waals surface area contributed by atoms with Gasteiger partial charge >= 0.3 is 11.8 Å². The van der Waals surface area contributed by atoms with Crippen LogP contribution in [0.3, 0.4) is 0 Å². The third kappa shape index (κ3) is 4.85. The summed E-state index contributed by atoms with van der Waals surface area (Å²) in [6, 6.07) is 6.74. The topological polar surface area (TPSA) is 102 Å². The lowest BCUT2D eigenvalue weighted by Crippen LogP contribution is -2.43. The first kappa shape index (κ1) is 17.6. The molecule has 0 spiro atoms. The highest BCUT2D eigenvalue weighted by molar-refractivity contribution is 6.36. The summed E-state index contributed by atoms with van der Waals surface area (Å²) in [6.45, 7) is 2.21. The Morgan fingerprint density at radius 1 is 1.36 bits per heavy atom. The molecule has 1 aromatic carbocycles. The second kappa shape index (κ2) is 8.78.